The van der Waals surface area contributed by atoms with Crippen LogP contribution >= 0.6 is 0 Å². The van der Waals surface area contributed by atoms with Gasteiger partial charge in [-0.1, -0.05) is 0 Å². The molecular formula is C29H34F4N2O5. The minimum atomic E-state index is -4.76. The monoisotopic (exact) mass is 566 g/mol. The van der Waals surface area contributed by atoms with Gasteiger partial charge in [0.1, 0.15) is 23.4 Å². The second-order valence-corrected chi connectivity index (χ2v) is 10.5. The quantitative estimate of drug-likeness (QED) is 0.333. The minimum absolute atomic E-state index is 0.128. The smallest absolute Gasteiger partial charge is 0.490 e. The molecule has 1 aliphatic carbocycles. The van der Waals surface area contributed by atoms with Crippen LogP contribution in [0.4, 0.5) is 17.6 Å². The van der Waals surface area contributed by atoms with Crippen molar-refractivity contribution in [2.45, 2.75) is 70.4 Å². The lowest BCUT2D eigenvalue weighted by atomic mass is 9.97. The number of ether oxygens (including phenoxy) is 2. The van der Waals surface area contributed by atoms with Crippen LogP contribution in [-0.2, 0) is 11.3 Å². The number of carboxylic acid groups (broad SMARTS) is 1. The van der Waals surface area contributed by atoms with Gasteiger partial charge in [-0.2, -0.15) is 0 Å². The van der Waals surface area contributed by atoms with E-state index in [1.54, 1.807) is 30.0 Å². The molecule has 1 amide bonds. The Morgan fingerprint density at radius 3 is 2.23 bits per heavy atom. The van der Waals surface area contributed by atoms with Crippen LogP contribution in [0, 0.1) is 12.7 Å². The topological polar surface area (TPSA) is 79.3 Å². The van der Waals surface area contributed by atoms with Gasteiger partial charge in [0.2, 0.25) is 0 Å². The van der Waals surface area contributed by atoms with Crippen LogP contribution in [0.5, 0.6) is 11.5 Å². The first-order chi connectivity index (χ1) is 19.1. The molecule has 2 aromatic rings. The van der Waals surface area contributed by atoms with E-state index in [1.807, 2.05) is 0 Å². The van der Waals surface area contributed by atoms with Crippen molar-refractivity contribution < 1.29 is 41.7 Å². The van der Waals surface area contributed by atoms with Crippen LogP contribution in [0.25, 0.3) is 0 Å². The van der Waals surface area contributed by atoms with Gasteiger partial charge in [0, 0.05) is 38.8 Å². The molecule has 218 valence electrons. The van der Waals surface area contributed by atoms with E-state index in [1.165, 1.54) is 12.1 Å². The van der Waals surface area contributed by atoms with Crippen molar-refractivity contribution in [1.29, 1.82) is 0 Å². The van der Waals surface area contributed by atoms with E-state index in [4.69, 9.17) is 14.6 Å². The molecular weight excluding hydrogens is 532 g/mol. The Balaban J connectivity index is 0.00000118. The van der Waals surface area contributed by atoms with E-state index >= 15 is 4.39 Å². The van der Waals surface area contributed by atoms with Crippen molar-refractivity contribution in [3.63, 3.8) is 0 Å². The third-order valence-electron chi connectivity index (χ3n) is 7.36. The second-order valence-electron chi connectivity index (χ2n) is 10.5. The molecule has 0 spiro atoms. The molecule has 2 saturated heterocycles. The SMILES string of the molecule is Cc1cc(OC2CCN(Cc3cc(F)c(C(=O)N4CCCC4)cc3C3CC3)CC2)cc(OC(F)(F)F)c1.O=CO. The predicted octanol–water partition coefficient (Wildman–Crippen LogP) is 5.89. The fourth-order valence-electron chi connectivity index (χ4n) is 5.39. The third-order valence-corrected chi connectivity index (χ3v) is 7.36. The van der Waals surface area contributed by atoms with Gasteiger partial charge in [-0.25, -0.2) is 4.39 Å². The zero-order valence-electron chi connectivity index (χ0n) is 22.4. The molecule has 3 aliphatic rings. The van der Waals surface area contributed by atoms with Gasteiger partial charge in [0.25, 0.3) is 12.4 Å². The second kappa shape index (κ2) is 12.9. The van der Waals surface area contributed by atoms with E-state index in [2.05, 4.69) is 9.64 Å². The van der Waals surface area contributed by atoms with Crippen molar-refractivity contribution in [2.24, 2.45) is 0 Å². The molecule has 1 saturated carbocycles. The number of aryl methyl sites for hydroxylation is 1. The average Bonchev–Trinajstić information content (AvgIpc) is 3.56. The van der Waals surface area contributed by atoms with Crippen molar-refractivity contribution in [3.8, 4) is 11.5 Å². The van der Waals surface area contributed by atoms with Crippen LogP contribution in [0.15, 0.2) is 30.3 Å². The number of rotatable bonds is 7. The van der Waals surface area contributed by atoms with Crippen LogP contribution < -0.4 is 9.47 Å². The fourth-order valence-corrected chi connectivity index (χ4v) is 5.39. The summed E-state index contributed by atoms with van der Waals surface area (Å²) in [6.45, 7) is 4.87. The maximum absolute atomic E-state index is 15.1. The molecule has 0 aromatic heterocycles. The molecule has 2 heterocycles. The fraction of sp³-hybridized carbons (Fsp3) is 0.517. The van der Waals surface area contributed by atoms with Gasteiger partial charge in [0.05, 0.1) is 5.56 Å². The molecule has 0 atom stereocenters. The number of halogens is 4. The van der Waals surface area contributed by atoms with E-state index in [9.17, 15) is 18.0 Å². The van der Waals surface area contributed by atoms with Crippen molar-refractivity contribution in [2.75, 3.05) is 26.2 Å². The van der Waals surface area contributed by atoms with Crippen molar-refractivity contribution in [1.82, 2.24) is 9.80 Å². The highest BCUT2D eigenvalue weighted by Crippen LogP contribution is 2.43. The summed E-state index contributed by atoms with van der Waals surface area (Å²) < 4.78 is 63.0. The summed E-state index contributed by atoms with van der Waals surface area (Å²) in [6.07, 6.45) is 0.573. The lowest BCUT2D eigenvalue weighted by Crippen LogP contribution is -2.38. The first kappa shape index (κ1) is 29.6. The summed E-state index contributed by atoms with van der Waals surface area (Å²) in [5.74, 6) is -0.210. The maximum Gasteiger partial charge on any atom is 0.573 e. The Hall–Kier alpha value is -3.34. The molecule has 0 radical (unpaired) electrons. The highest BCUT2D eigenvalue weighted by atomic mass is 19.4. The van der Waals surface area contributed by atoms with E-state index in [-0.39, 0.29) is 29.8 Å². The summed E-state index contributed by atoms with van der Waals surface area (Å²) in [4.78, 5) is 25.2. The number of amides is 1. The molecule has 40 heavy (non-hydrogen) atoms. The third kappa shape index (κ3) is 8.09. The largest absolute Gasteiger partial charge is 0.573 e. The molecule has 1 N–H and O–H groups in total. The molecule has 2 aromatic carbocycles. The number of likely N-dealkylation sites (tertiary alicyclic amines) is 2. The maximum atomic E-state index is 15.1. The van der Waals surface area contributed by atoms with Gasteiger partial charge in [-0.05, 0) is 92.3 Å². The van der Waals surface area contributed by atoms with Crippen LogP contribution in [0.1, 0.15) is 71.5 Å². The van der Waals surface area contributed by atoms with Crippen LogP contribution in [0.2, 0.25) is 0 Å². The van der Waals surface area contributed by atoms with Gasteiger partial charge in [-0.15, -0.1) is 13.2 Å². The highest BCUT2D eigenvalue weighted by molar-refractivity contribution is 5.95. The van der Waals surface area contributed by atoms with E-state index < -0.39 is 12.2 Å². The predicted molar refractivity (Wildman–Crippen MR) is 139 cm³/mol. The Labute approximate surface area is 230 Å². The average molecular weight is 567 g/mol. The standard InChI is InChI=1S/C28H32F4N2O3.CH2O2/c1-18-12-22(15-23(13-18)37-28(30,31)32)36-21-6-10-33(11-7-21)17-20-14-26(29)25(16-24(20)19-4-5-19)27(35)34-8-2-3-9-34;2-1-3/h12-16,19,21H,2-11,17H2,1H3;1H,(H,2,3). The Morgan fingerprint density at radius 2 is 1.62 bits per heavy atom. The lowest BCUT2D eigenvalue weighted by Gasteiger charge is -2.33. The molecule has 11 heteroatoms. The first-order valence-corrected chi connectivity index (χ1v) is 13.5. The number of hydrogen-bond donors (Lipinski definition) is 1. The first-order valence-electron chi connectivity index (χ1n) is 13.5. The normalized spacial score (nSPS) is 18.2. The molecule has 2 aliphatic heterocycles. The zero-order chi connectivity index (χ0) is 28.9. The molecule has 0 unspecified atom stereocenters. The number of benzene rings is 2. The lowest BCUT2D eigenvalue weighted by molar-refractivity contribution is -0.274. The summed E-state index contributed by atoms with van der Waals surface area (Å²) in [5.41, 5.74) is 2.83. The molecule has 0 bridgehead atoms. The van der Waals surface area contributed by atoms with Gasteiger partial charge >= 0.3 is 6.36 Å². The number of piperidine rings is 1. The number of nitrogens with zero attached hydrogens (tertiary/aromatic N) is 2. The van der Waals surface area contributed by atoms with Crippen molar-refractivity contribution >= 4 is 12.4 Å². The highest BCUT2D eigenvalue weighted by Gasteiger charge is 2.33. The minimum Gasteiger partial charge on any atom is -0.490 e. The zero-order valence-corrected chi connectivity index (χ0v) is 22.4. The number of carbonyl (C=O) groups excluding carboxylic acids is 1. The van der Waals surface area contributed by atoms with Gasteiger partial charge in [0.15, 0.2) is 0 Å². The van der Waals surface area contributed by atoms with E-state index in [0.29, 0.717) is 49.7 Å². The Bertz CT molecular complexity index is 1190. The number of hydrogen-bond acceptors (Lipinski definition) is 5. The summed E-state index contributed by atoms with van der Waals surface area (Å²) >= 11 is 0. The summed E-state index contributed by atoms with van der Waals surface area (Å²) in [6, 6.07) is 7.63. The Kier molecular flexibility index (Phi) is 9.55. The Morgan fingerprint density at radius 1 is 1.00 bits per heavy atom. The van der Waals surface area contributed by atoms with Crippen LogP contribution in [0.3, 0.4) is 0 Å². The van der Waals surface area contributed by atoms with Gasteiger partial charge in [-0.3, -0.25) is 14.5 Å². The van der Waals surface area contributed by atoms with Crippen LogP contribution in [-0.4, -0.2) is 65.9 Å². The van der Waals surface area contributed by atoms with Gasteiger partial charge < -0.3 is 19.5 Å². The van der Waals surface area contributed by atoms with Crippen molar-refractivity contribution in [3.05, 3.63) is 58.4 Å². The number of carbonyl (C=O) groups is 2. The molecule has 3 fully saturated rings. The number of alkyl halides is 3. The van der Waals surface area contributed by atoms with E-state index in [0.717, 1.165) is 49.9 Å². The molecule has 5 rings (SSSR count). The summed E-state index contributed by atoms with van der Waals surface area (Å²) in [5, 5.41) is 6.89. The molecule has 7 nitrogen and oxygen atoms in total. The summed E-state index contributed by atoms with van der Waals surface area (Å²) in [7, 11) is 0.